The van der Waals surface area contributed by atoms with Crippen molar-refractivity contribution in [3.8, 4) is 0 Å². The van der Waals surface area contributed by atoms with Crippen molar-refractivity contribution in [2.45, 2.75) is 44.7 Å². The maximum atomic E-state index is 5.41. The highest BCUT2D eigenvalue weighted by Gasteiger charge is 2.28. The summed E-state index contributed by atoms with van der Waals surface area (Å²) in [7, 11) is 0. The zero-order valence-corrected chi connectivity index (χ0v) is 10.4. The van der Waals surface area contributed by atoms with Crippen LogP contribution in [0.3, 0.4) is 0 Å². The fourth-order valence-electron chi connectivity index (χ4n) is 2.84. The SMILES string of the molecule is CCC1NCCn2c(C3CCOCC3)nnc21. The molecular weight excluding hydrogens is 216 g/mol. The molecule has 3 rings (SSSR count). The Balaban J connectivity index is 1.88. The van der Waals surface area contributed by atoms with Crippen LogP contribution < -0.4 is 5.32 Å². The van der Waals surface area contributed by atoms with Crippen molar-refractivity contribution in [2.24, 2.45) is 0 Å². The molecule has 1 fully saturated rings. The van der Waals surface area contributed by atoms with E-state index in [-0.39, 0.29) is 0 Å². The highest BCUT2D eigenvalue weighted by molar-refractivity contribution is 5.08. The topological polar surface area (TPSA) is 52.0 Å². The molecule has 0 aromatic carbocycles. The molecule has 1 saturated heterocycles. The number of nitrogens with one attached hydrogen (secondary N) is 1. The molecule has 1 atom stereocenters. The summed E-state index contributed by atoms with van der Waals surface area (Å²) in [6.45, 7) is 5.95. The Morgan fingerprint density at radius 3 is 2.82 bits per heavy atom. The van der Waals surface area contributed by atoms with Crippen molar-refractivity contribution >= 4 is 0 Å². The molecule has 17 heavy (non-hydrogen) atoms. The van der Waals surface area contributed by atoms with Crippen LogP contribution in [0, 0.1) is 0 Å². The lowest BCUT2D eigenvalue weighted by atomic mass is 9.99. The Hall–Kier alpha value is -0.940. The lowest BCUT2D eigenvalue weighted by Crippen LogP contribution is -2.34. The number of fused-ring (bicyclic) bond motifs is 1. The molecule has 1 aromatic heterocycles. The van der Waals surface area contributed by atoms with Gasteiger partial charge in [0.05, 0.1) is 6.04 Å². The lowest BCUT2D eigenvalue weighted by molar-refractivity contribution is 0.0825. The maximum absolute atomic E-state index is 5.41. The van der Waals surface area contributed by atoms with Gasteiger partial charge in [-0.1, -0.05) is 6.92 Å². The molecule has 0 amide bonds. The summed E-state index contributed by atoms with van der Waals surface area (Å²) in [6, 6.07) is 0.379. The van der Waals surface area contributed by atoms with Crippen LogP contribution in [-0.4, -0.2) is 34.5 Å². The van der Waals surface area contributed by atoms with Crippen molar-refractivity contribution in [2.75, 3.05) is 19.8 Å². The second-order valence-electron chi connectivity index (χ2n) is 4.87. The predicted octanol–water partition coefficient (Wildman–Crippen LogP) is 1.23. The van der Waals surface area contributed by atoms with Gasteiger partial charge in [0.25, 0.3) is 0 Å². The van der Waals surface area contributed by atoms with Gasteiger partial charge in [0, 0.05) is 32.2 Å². The number of nitrogens with zero attached hydrogens (tertiary/aromatic N) is 3. The van der Waals surface area contributed by atoms with Gasteiger partial charge in [-0.05, 0) is 19.3 Å². The molecule has 2 aliphatic rings. The third-order valence-corrected chi connectivity index (χ3v) is 3.84. The minimum absolute atomic E-state index is 0.379. The molecule has 1 unspecified atom stereocenters. The second kappa shape index (κ2) is 4.74. The summed E-state index contributed by atoms with van der Waals surface area (Å²) in [6.07, 6.45) is 3.25. The van der Waals surface area contributed by atoms with Gasteiger partial charge in [-0.15, -0.1) is 10.2 Å². The number of hydrogen-bond donors (Lipinski definition) is 1. The Morgan fingerprint density at radius 1 is 1.29 bits per heavy atom. The Bertz CT molecular complexity index is 384. The molecule has 0 aliphatic carbocycles. The van der Waals surface area contributed by atoms with Crippen LogP contribution in [0.4, 0.5) is 0 Å². The summed E-state index contributed by atoms with van der Waals surface area (Å²) >= 11 is 0. The third kappa shape index (κ3) is 1.98. The van der Waals surface area contributed by atoms with E-state index in [2.05, 4.69) is 27.0 Å². The van der Waals surface area contributed by atoms with Crippen LogP contribution in [-0.2, 0) is 11.3 Å². The van der Waals surface area contributed by atoms with E-state index in [1.54, 1.807) is 0 Å². The summed E-state index contributed by atoms with van der Waals surface area (Å²) in [5.41, 5.74) is 0. The molecule has 5 heteroatoms. The summed E-state index contributed by atoms with van der Waals surface area (Å²) in [5.74, 6) is 2.85. The summed E-state index contributed by atoms with van der Waals surface area (Å²) in [4.78, 5) is 0. The van der Waals surface area contributed by atoms with Crippen molar-refractivity contribution in [1.82, 2.24) is 20.1 Å². The van der Waals surface area contributed by atoms with Gasteiger partial charge in [0.15, 0.2) is 0 Å². The average molecular weight is 236 g/mol. The fourth-order valence-corrected chi connectivity index (χ4v) is 2.84. The molecular formula is C12H20N4O. The quantitative estimate of drug-likeness (QED) is 0.839. The van der Waals surface area contributed by atoms with Crippen molar-refractivity contribution in [3.05, 3.63) is 11.6 Å². The smallest absolute Gasteiger partial charge is 0.150 e. The number of aromatic nitrogens is 3. The average Bonchev–Trinajstić information content (AvgIpc) is 2.83. The van der Waals surface area contributed by atoms with Gasteiger partial charge in [-0.2, -0.15) is 0 Å². The highest BCUT2D eigenvalue weighted by atomic mass is 16.5. The van der Waals surface area contributed by atoms with Gasteiger partial charge in [0.1, 0.15) is 11.6 Å². The van der Waals surface area contributed by atoms with E-state index < -0.39 is 0 Å². The Morgan fingerprint density at radius 2 is 2.06 bits per heavy atom. The van der Waals surface area contributed by atoms with E-state index in [1.807, 2.05) is 0 Å². The first kappa shape index (κ1) is 11.2. The van der Waals surface area contributed by atoms with E-state index in [0.29, 0.717) is 12.0 Å². The van der Waals surface area contributed by atoms with Crippen LogP contribution in [0.15, 0.2) is 0 Å². The first-order valence-corrected chi connectivity index (χ1v) is 6.64. The highest BCUT2D eigenvalue weighted by Crippen LogP contribution is 2.28. The number of hydrogen-bond acceptors (Lipinski definition) is 4. The Labute approximate surface area is 102 Å². The second-order valence-corrected chi connectivity index (χ2v) is 4.87. The molecule has 0 spiro atoms. The minimum atomic E-state index is 0.379. The van der Waals surface area contributed by atoms with E-state index in [1.165, 1.54) is 5.82 Å². The minimum Gasteiger partial charge on any atom is -0.381 e. The van der Waals surface area contributed by atoms with Crippen LogP contribution >= 0.6 is 0 Å². The van der Waals surface area contributed by atoms with Gasteiger partial charge in [-0.25, -0.2) is 0 Å². The number of ether oxygens (including phenoxy) is 1. The van der Waals surface area contributed by atoms with Crippen molar-refractivity contribution < 1.29 is 4.74 Å². The maximum Gasteiger partial charge on any atom is 0.150 e. The first-order valence-electron chi connectivity index (χ1n) is 6.64. The largest absolute Gasteiger partial charge is 0.381 e. The fraction of sp³-hybridized carbons (Fsp3) is 0.833. The molecule has 0 saturated carbocycles. The Kier molecular flexibility index (Phi) is 3.11. The van der Waals surface area contributed by atoms with E-state index >= 15 is 0 Å². The normalized spacial score (nSPS) is 25.8. The molecule has 5 nitrogen and oxygen atoms in total. The van der Waals surface area contributed by atoms with Gasteiger partial charge in [0.2, 0.25) is 0 Å². The van der Waals surface area contributed by atoms with Crippen molar-refractivity contribution in [3.63, 3.8) is 0 Å². The van der Waals surface area contributed by atoms with Gasteiger partial charge < -0.3 is 14.6 Å². The summed E-state index contributed by atoms with van der Waals surface area (Å²) < 4.78 is 7.75. The molecule has 1 aromatic rings. The molecule has 1 N–H and O–H groups in total. The monoisotopic (exact) mass is 236 g/mol. The van der Waals surface area contributed by atoms with Crippen LogP contribution in [0.1, 0.15) is 49.8 Å². The van der Waals surface area contributed by atoms with E-state index in [0.717, 1.165) is 51.4 Å². The van der Waals surface area contributed by atoms with Gasteiger partial charge >= 0.3 is 0 Å². The molecule has 3 heterocycles. The standard InChI is InChI=1S/C12H20N4O/c1-2-10-12-15-14-11(16(12)6-5-13-10)9-3-7-17-8-4-9/h9-10,13H,2-8H2,1H3. The first-order chi connectivity index (χ1) is 8.40. The van der Waals surface area contributed by atoms with Gasteiger partial charge in [-0.3, -0.25) is 0 Å². The molecule has 0 bridgehead atoms. The van der Waals surface area contributed by atoms with Crippen LogP contribution in [0.2, 0.25) is 0 Å². The predicted molar refractivity (Wildman–Crippen MR) is 63.9 cm³/mol. The zero-order chi connectivity index (χ0) is 11.7. The molecule has 2 aliphatic heterocycles. The number of rotatable bonds is 2. The van der Waals surface area contributed by atoms with E-state index in [4.69, 9.17) is 4.74 Å². The van der Waals surface area contributed by atoms with Crippen LogP contribution in [0.5, 0.6) is 0 Å². The molecule has 0 radical (unpaired) electrons. The van der Waals surface area contributed by atoms with E-state index in [9.17, 15) is 0 Å². The lowest BCUT2D eigenvalue weighted by Gasteiger charge is -2.27. The van der Waals surface area contributed by atoms with Crippen LogP contribution in [0.25, 0.3) is 0 Å². The van der Waals surface area contributed by atoms with Crippen molar-refractivity contribution in [1.29, 1.82) is 0 Å². The zero-order valence-electron chi connectivity index (χ0n) is 10.4. The third-order valence-electron chi connectivity index (χ3n) is 3.84. The summed E-state index contributed by atoms with van der Waals surface area (Å²) in [5, 5.41) is 12.3. The molecule has 94 valence electrons.